The molecule has 34 heavy (non-hydrogen) atoms. The number of rotatable bonds is 5. The molecule has 0 aromatic heterocycles. The molecule has 0 bridgehead atoms. The molecule has 2 aliphatic rings. The van der Waals surface area contributed by atoms with Crippen LogP contribution in [0.2, 0.25) is 0 Å². The van der Waals surface area contributed by atoms with Crippen LogP contribution in [0.15, 0.2) is 60.7 Å². The van der Waals surface area contributed by atoms with Gasteiger partial charge in [0.05, 0.1) is 6.67 Å². The van der Waals surface area contributed by atoms with Crippen molar-refractivity contribution >= 4 is 22.7 Å². The largest absolute Gasteiger partial charge is 0.326 e. The number of carbonyl (C=O) groups excluding carboxylic acids is 2. The van der Waals surface area contributed by atoms with Crippen molar-refractivity contribution in [2.45, 2.75) is 19.0 Å². The SMILES string of the molecule is C[C@@]1(c2ccc(F)c(F)c2)NC(=O)N(CN2CCN(Cc3cccc4ccccc34)CC2)C1=O. The Hall–Kier alpha value is -3.36. The average Bonchev–Trinajstić information content (AvgIpc) is 3.06. The summed E-state index contributed by atoms with van der Waals surface area (Å²) in [5.74, 6) is -2.52. The Bertz CT molecular complexity index is 1250. The van der Waals surface area contributed by atoms with Crippen LogP contribution in [-0.2, 0) is 16.9 Å². The van der Waals surface area contributed by atoms with E-state index in [0.717, 1.165) is 36.7 Å². The first-order chi connectivity index (χ1) is 16.3. The molecule has 1 atom stereocenters. The minimum Gasteiger partial charge on any atom is -0.319 e. The van der Waals surface area contributed by atoms with Gasteiger partial charge >= 0.3 is 6.03 Å². The Balaban J connectivity index is 1.22. The van der Waals surface area contributed by atoms with Crippen molar-refractivity contribution in [3.05, 3.63) is 83.4 Å². The van der Waals surface area contributed by atoms with Gasteiger partial charge in [-0.15, -0.1) is 0 Å². The van der Waals surface area contributed by atoms with Crippen LogP contribution in [0.25, 0.3) is 10.8 Å². The van der Waals surface area contributed by atoms with Gasteiger partial charge in [0.15, 0.2) is 11.6 Å². The molecular formula is C26H26F2N4O2. The van der Waals surface area contributed by atoms with Gasteiger partial charge in [-0.2, -0.15) is 0 Å². The molecule has 8 heteroatoms. The number of urea groups is 1. The van der Waals surface area contributed by atoms with Crippen molar-refractivity contribution in [1.82, 2.24) is 20.0 Å². The van der Waals surface area contributed by atoms with Crippen LogP contribution < -0.4 is 5.32 Å². The first-order valence-corrected chi connectivity index (χ1v) is 11.4. The van der Waals surface area contributed by atoms with E-state index in [0.29, 0.717) is 13.1 Å². The fraction of sp³-hybridized carbons (Fsp3) is 0.308. The number of nitrogens with one attached hydrogen (secondary N) is 1. The lowest BCUT2D eigenvalue weighted by molar-refractivity contribution is -0.132. The standard InChI is InChI=1S/C26H26F2N4O2/c1-26(20-9-10-22(27)23(28)15-20)24(33)32(25(34)29-26)17-31-13-11-30(12-14-31)16-19-7-4-6-18-5-2-3-8-21(18)19/h2-10,15H,11-14,16-17H2,1H3,(H,29,34)/t26-/m0/s1. The van der Waals surface area contributed by atoms with Gasteiger partial charge in [0.25, 0.3) is 5.91 Å². The fourth-order valence-corrected chi connectivity index (χ4v) is 4.79. The van der Waals surface area contributed by atoms with Crippen molar-refractivity contribution in [2.75, 3.05) is 32.8 Å². The van der Waals surface area contributed by atoms with E-state index in [2.05, 4.69) is 51.5 Å². The normalized spacial score (nSPS) is 21.9. The van der Waals surface area contributed by atoms with Crippen LogP contribution >= 0.6 is 0 Å². The Morgan fingerprint density at radius 3 is 2.35 bits per heavy atom. The number of amides is 3. The average molecular weight is 465 g/mol. The summed E-state index contributed by atoms with van der Waals surface area (Å²) in [6.45, 7) is 5.56. The molecule has 0 radical (unpaired) electrons. The lowest BCUT2D eigenvalue weighted by Gasteiger charge is -2.36. The molecule has 3 aromatic carbocycles. The lowest BCUT2D eigenvalue weighted by Crippen LogP contribution is -2.51. The van der Waals surface area contributed by atoms with Crippen LogP contribution in [0.5, 0.6) is 0 Å². The number of benzene rings is 3. The van der Waals surface area contributed by atoms with Gasteiger partial charge in [-0.1, -0.05) is 48.5 Å². The number of imide groups is 1. The first kappa shape index (κ1) is 22.4. The molecule has 1 N–H and O–H groups in total. The van der Waals surface area contributed by atoms with Crippen molar-refractivity contribution < 1.29 is 18.4 Å². The second-order valence-corrected chi connectivity index (χ2v) is 9.09. The fourth-order valence-electron chi connectivity index (χ4n) is 4.79. The Morgan fingerprint density at radius 1 is 0.882 bits per heavy atom. The number of carbonyl (C=O) groups is 2. The van der Waals surface area contributed by atoms with Crippen molar-refractivity contribution in [3.8, 4) is 0 Å². The number of piperazine rings is 1. The van der Waals surface area contributed by atoms with Crippen LogP contribution in [0.3, 0.4) is 0 Å². The van der Waals surface area contributed by atoms with Crippen LogP contribution in [-0.4, -0.2) is 59.5 Å². The molecule has 2 aliphatic heterocycles. The number of fused-ring (bicyclic) bond motifs is 1. The van der Waals surface area contributed by atoms with E-state index in [1.54, 1.807) is 0 Å². The summed E-state index contributed by atoms with van der Waals surface area (Å²) in [6, 6.07) is 17.4. The maximum atomic E-state index is 13.8. The van der Waals surface area contributed by atoms with E-state index < -0.39 is 29.1 Å². The summed E-state index contributed by atoms with van der Waals surface area (Å²) < 4.78 is 27.1. The van der Waals surface area contributed by atoms with Gasteiger partial charge in [-0.25, -0.2) is 18.5 Å². The molecule has 0 unspecified atom stereocenters. The third kappa shape index (κ3) is 4.03. The van der Waals surface area contributed by atoms with E-state index in [-0.39, 0.29) is 12.2 Å². The topological polar surface area (TPSA) is 55.9 Å². The van der Waals surface area contributed by atoms with E-state index in [1.165, 1.54) is 29.3 Å². The molecule has 0 aliphatic carbocycles. The summed E-state index contributed by atoms with van der Waals surface area (Å²) in [7, 11) is 0. The number of halogens is 2. The highest BCUT2D eigenvalue weighted by molar-refractivity contribution is 6.07. The summed E-state index contributed by atoms with van der Waals surface area (Å²) in [6.07, 6.45) is 0. The minimum absolute atomic E-state index is 0.159. The summed E-state index contributed by atoms with van der Waals surface area (Å²) >= 11 is 0. The molecule has 3 amide bonds. The summed E-state index contributed by atoms with van der Waals surface area (Å²) in [5.41, 5.74) is 0.0667. The first-order valence-electron chi connectivity index (χ1n) is 11.4. The third-order valence-electron chi connectivity index (χ3n) is 6.85. The molecule has 0 spiro atoms. The minimum atomic E-state index is -1.43. The maximum absolute atomic E-state index is 13.8. The Labute approximate surface area is 196 Å². The van der Waals surface area contributed by atoms with Gasteiger partial charge in [-0.05, 0) is 41.0 Å². The van der Waals surface area contributed by atoms with Gasteiger partial charge < -0.3 is 5.32 Å². The highest BCUT2D eigenvalue weighted by atomic mass is 19.2. The van der Waals surface area contributed by atoms with E-state index in [1.807, 2.05) is 6.07 Å². The maximum Gasteiger partial charge on any atom is 0.326 e. The quantitative estimate of drug-likeness (QED) is 0.586. The zero-order chi connectivity index (χ0) is 23.9. The van der Waals surface area contributed by atoms with Crippen LogP contribution in [0.4, 0.5) is 13.6 Å². The Kier molecular flexibility index (Phi) is 5.79. The molecule has 0 saturated carbocycles. The third-order valence-corrected chi connectivity index (χ3v) is 6.85. The predicted molar refractivity (Wildman–Crippen MR) is 125 cm³/mol. The van der Waals surface area contributed by atoms with Gasteiger partial charge in [0.1, 0.15) is 5.54 Å². The van der Waals surface area contributed by atoms with Crippen LogP contribution in [0, 0.1) is 11.6 Å². The highest BCUT2D eigenvalue weighted by Gasteiger charge is 2.49. The predicted octanol–water partition coefficient (Wildman–Crippen LogP) is 3.66. The monoisotopic (exact) mass is 464 g/mol. The van der Waals surface area contributed by atoms with Gasteiger partial charge in [0, 0.05) is 32.7 Å². The molecule has 2 heterocycles. The molecule has 2 saturated heterocycles. The number of hydrogen-bond donors (Lipinski definition) is 1. The number of nitrogens with zero attached hydrogens (tertiary/aromatic N) is 3. The lowest BCUT2D eigenvalue weighted by atomic mass is 9.92. The second kappa shape index (κ2) is 8.77. The zero-order valence-corrected chi connectivity index (χ0v) is 18.9. The Morgan fingerprint density at radius 2 is 1.59 bits per heavy atom. The van der Waals surface area contributed by atoms with Crippen molar-refractivity contribution in [1.29, 1.82) is 0 Å². The molecule has 5 rings (SSSR count). The molecule has 176 valence electrons. The molecular weight excluding hydrogens is 438 g/mol. The van der Waals surface area contributed by atoms with E-state index >= 15 is 0 Å². The highest BCUT2D eigenvalue weighted by Crippen LogP contribution is 2.30. The molecule has 2 fully saturated rings. The van der Waals surface area contributed by atoms with Crippen molar-refractivity contribution in [2.24, 2.45) is 0 Å². The second-order valence-electron chi connectivity index (χ2n) is 9.09. The molecule has 3 aromatic rings. The summed E-state index contributed by atoms with van der Waals surface area (Å²) in [5, 5.41) is 5.13. The van der Waals surface area contributed by atoms with Gasteiger partial charge in [-0.3, -0.25) is 14.6 Å². The van der Waals surface area contributed by atoms with E-state index in [4.69, 9.17) is 0 Å². The van der Waals surface area contributed by atoms with Gasteiger partial charge in [0.2, 0.25) is 0 Å². The zero-order valence-electron chi connectivity index (χ0n) is 18.9. The smallest absolute Gasteiger partial charge is 0.319 e. The number of hydrogen-bond acceptors (Lipinski definition) is 4. The van der Waals surface area contributed by atoms with Crippen molar-refractivity contribution in [3.63, 3.8) is 0 Å². The summed E-state index contributed by atoms with van der Waals surface area (Å²) in [4.78, 5) is 31.3. The van der Waals surface area contributed by atoms with E-state index in [9.17, 15) is 18.4 Å². The molecule has 6 nitrogen and oxygen atoms in total. The van der Waals surface area contributed by atoms with Crippen LogP contribution in [0.1, 0.15) is 18.1 Å².